The standard InChI is InChI=1S/C6H5O/c1-2-6-4-3-5(1)7-6/h1-3,5-6H. The number of rotatable bonds is 0. The van der Waals surface area contributed by atoms with E-state index in [1.54, 1.807) is 0 Å². The van der Waals surface area contributed by atoms with Crippen LogP contribution in [0.4, 0.5) is 0 Å². The van der Waals surface area contributed by atoms with E-state index in [0.717, 1.165) is 0 Å². The predicted molar refractivity (Wildman–Crippen MR) is 25.6 cm³/mol. The highest BCUT2D eigenvalue weighted by atomic mass is 16.5. The second-order valence-electron chi connectivity index (χ2n) is 1.74. The molecule has 0 spiro atoms. The van der Waals surface area contributed by atoms with Crippen molar-refractivity contribution in [3.63, 3.8) is 0 Å². The molecule has 0 saturated carbocycles. The molecule has 0 aliphatic carbocycles. The van der Waals surface area contributed by atoms with Crippen LogP contribution in [-0.2, 0) is 4.74 Å². The highest BCUT2D eigenvalue weighted by molar-refractivity contribution is 5.18. The molecule has 0 fully saturated rings. The van der Waals surface area contributed by atoms with Crippen LogP contribution in [0.2, 0.25) is 0 Å². The summed E-state index contributed by atoms with van der Waals surface area (Å²) in [5.74, 6) is 0. The summed E-state index contributed by atoms with van der Waals surface area (Å²) in [6.07, 6.45) is 9.47. The quantitative estimate of drug-likeness (QED) is 0.400. The summed E-state index contributed by atoms with van der Waals surface area (Å²) in [5, 5.41) is 0. The van der Waals surface area contributed by atoms with E-state index in [0.29, 0.717) is 0 Å². The van der Waals surface area contributed by atoms with Crippen LogP contribution in [-0.4, -0.2) is 12.2 Å². The van der Waals surface area contributed by atoms with E-state index < -0.39 is 0 Å². The lowest BCUT2D eigenvalue weighted by Gasteiger charge is -1.94. The molecule has 1 radical (unpaired) electrons. The fourth-order valence-electron chi connectivity index (χ4n) is 0.850. The van der Waals surface area contributed by atoms with Crippen LogP contribution in [0.5, 0.6) is 0 Å². The van der Waals surface area contributed by atoms with Crippen molar-refractivity contribution in [2.45, 2.75) is 12.2 Å². The van der Waals surface area contributed by atoms with E-state index in [9.17, 15) is 0 Å². The summed E-state index contributed by atoms with van der Waals surface area (Å²) in [6, 6.07) is 0. The minimum absolute atomic E-state index is 0.185. The van der Waals surface area contributed by atoms with E-state index >= 15 is 0 Å². The lowest BCUT2D eigenvalue weighted by molar-refractivity contribution is 0.133. The summed E-state index contributed by atoms with van der Waals surface area (Å²) < 4.78 is 5.19. The summed E-state index contributed by atoms with van der Waals surface area (Å²) in [7, 11) is 0. The lowest BCUT2D eigenvalue weighted by atomic mass is 10.2. The molecule has 2 unspecified atom stereocenters. The zero-order chi connectivity index (χ0) is 4.69. The molecule has 2 atom stereocenters. The van der Waals surface area contributed by atoms with Gasteiger partial charge in [-0.2, -0.15) is 0 Å². The van der Waals surface area contributed by atoms with E-state index in [2.05, 4.69) is 6.08 Å². The topological polar surface area (TPSA) is 9.23 Å². The van der Waals surface area contributed by atoms with Gasteiger partial charge >= 0.3 is 0 Å². The van der Waals surface area contributed by atoms with Crippen molar-refractivity contribution in [1.29, 1.82) is 0 Å². The van der Waals surface area contributed by atoms with Crippen LogP contribution in [0.15, 0.2) is 18.2 Å². The Labute approximate surface area is 42.3 Å². The SMILES string of the molecule is [C]1=CC2C=CC1O2. The Bertz CT molecular complexity index is 107. The average Bonchev–Trinajstić information content (AvgIpc) is 2.22. The summed E-state index contributed by atoms with van der Waals surface area (Å²) in [4.78, 5) is 0. The van der Waals surface area contributed by atoms with Gasteiger partial charge in [-0.15, -0.1) is 0 Å². The largest absolute Gasteiger partial charge is 0.358 e. The second kappa shape index (κ2) is 0.984. The first kappa shape index (κ1) is 3.44. The molecular formula is C6H5O. The first-order valence-corrected chi connectivity index (χ1v) is 2.38. The zero-order valence-corrected chi connectivity index (χ0v) is 3.79. The van der Waals surface area contributed by atoms with Gasteiger partial charge < -0.3 is 4.74 Å². The molecule has 2 rings (SSSR count). The second-order valence-corrected chi connectivity index (χ2v) is 1.74. The molecule has 0 aromatic rings. The fourth-order valence-corrected chi connectivity index (χ4v) is 0.850. The van der Waals surface area contributed by atoms with E-state index in [1.165, 1.54) is 0 Å². The smallest absolute Gasteiger partial charge is 0.102 e. The van der Waals surface area contributed by atoms with Crippen molar-refractivity contribution in [2.75, 3.05) is 0 Å². The molecule has 1 heteroatoms. The van der Waals surface area contributed by atoms with Gasteiger partial charge in [-0.05, 0) is 12.2 Å². The minimum Gasteiger partial charge on any atom is -0.358 e. The predicted octanol–water partition coefficient (Wildman–Crippen LogP) is 0.683. The zero-order valence-electron chi connectivity index (χ0n) is 3.79. The molecule has 0 saturated heterocycles. The van der Waals surface area contributed by atoms with Crippen molar-refractivity contribution in [2.24, 2.45) is 0 Å². The van der Waals surface area contributed by atoms with Gasteiger partial charge in [-0.1, -0.05) is 12.2 Å². The summed E-state index contributed by atoms with van der Waals surface area (Å²) >= 11 is 0. The lowest BCUT2D eigenvalue weighted by Crippen LogP contribution is -1.97. The third-order valence-electron chi connectivity index (χ3n) is 1.20. The van der Waals surface area contributed by atoms with Gasteiger partial charge in [0.15, 0.2) is 0 Å². The first-order chi connectivity index (χ1) is 3.45. The monoisotopic (exact) mass is 93.0 g/mol. The molecule has 2 aliphatic rings. The van der Waals surface area contributed by atoms with Crippen LogP contribution in [0.3, 0.4) is 0 Å². The molecule has 1 nitrogen and oxygen atoms in total. The van der Waals surface area contributed by atoms with Gasteiger partial charge in [0.2, 0.25) is 0 Å². The maximum atomic E-state index is 5.19. The molecule has 7 heavy (non-hydrogen) atoms. The van der Waals surface area contributed by atoms with Gasteiger partial charge in [0.1, 0.15) is 6.10 Å². The Kier molecular flexibility index (Phi) is 0.484. The van der Waals surface area contributed by atoms with Crippen LogP contribution < -0.4 is 0 Å². The van der Waals surface area contributed by atoms with Crippen molar-refractivity contribution in [3.05, 3.63) is 24.3 Å². The molecule has 0 amide bonds. The highest BCUT2D eigenvalue weighted by Gasteiger charge is 2.20. The number of ether oxygens (including phenoxy) is 1. The van der Waals surface area contributed by atoms with Gasteiger partial charge in [-0.3, -0.25) is 0 Å². The highest BCUT2D eigenvalue weighted by Crippen LogP contribution is 2.18. The number of hydrogen-bond donors (Lipinski definition) is 0. The Morgan fingerprint density at radius 2 is 2.43 bits per heavy atom. The number of fused-ring (bicyclic) bond motifs is 2. The van der Waals surface area contributed by atoms with Crippen molar-refractivity contribution >= 4 is 0 Å². The molecule has 2 aliphatic heterocycles. The maximum absolute atomic E-state index is 5.19. The van der Waals surface area contributed by atoms with E-state index in [-0.39, 0.29) is 12.2 Å². The number of hydrogen-bond acceptors (Lipinski definition) is 1. The summed E-state index contributed by atoms with van der Waals surface area (Å²) in [5.41, 5.74) is 0. The Hall–Kier alpha value is -0.560. The van der Waals surface area contributed by atoms with E-state index in [4.69, 9.17) is 4.74 Å². The third kappa shape index (κ3) is 0.356. The normalized spacial score (nSPS) is 43.4. The molecule has 35 valence electrons. The van der Waals surface area contributed by atoms with Crippen molar-refractivity contribution < 1.29 is 4.74 Å². The van der Waals surface area contributed by atoms with Gasteiger partial charge in [0.25, 0.3) is 0 Å². The molecule has 0 aromatic carbocycles. The Morgan fingerprint density at radius 3 is 2.57 bits per heavy atom. The van der Waals surface area contributed by atoms with Crippen LogP contribution >= 0.6 is 0 Å². The van der Waals surface area contributed by atoms with Crippen LogP contribution in [0, 0.1) is 6.08 Å². The van der Waals surface area contributed by atoms with E-state index in [1.807, 2.05) is 18.2 Å². The van der Waals surface area contributed by atoms with Gasteiger partial charge in [0, 0.05) is 0 Å². The third-order valence-corrected chi connectivity index (χ3v) is 1.20. The van der Waals surface area contributed by atoms with Crippen molar-refractivity contribution in [3.8, 4) is 0 Å². The Morgan fingerprint density at radius 1 is 1.43 bits per heavy atom. The van der Waals surface area contributed by atoms with Crippen LogP contribution in [0.25, 0.3) is 0 Å². The first-order valence-electron chi connectivity index (χ1n) is 2.38. The van der Waals surface area contributed by atoms with Crippen LogP contribution in [0.1, 0.15) is 0 Å². The molecule has 2 heterocycles. The van der Waals surface area contributed by atoms with Gasteiger partial charge in [-0.25, -0.2) is 0 Å². The molecule has 2 bridgehead atoms. The molecular weight excluding hydrogens is 88.1 g/mol. The molecule has 0 N–H and O–H groups in total. The fraction of sp³-hybridized carbons (Fsp3) is 0.333. The van der Waals surface area contributed by atoms with Gasteiger partial charge in [0.05, 0.1) is 6.10 Å². The Balaban J connectivity index is 2.38. The van der Waals surface area contributed by atoms with Crippen molar-refractivity contribution in [1.82, 2.24) is 0 Å². The summed E-state index contributed by atoms with van der Waals surface area (Å²) in [6.45, 7) is 0. The average molecular weight is 93.1 g/mol. The molecule has 0 aromatic heterocycles. The minimum atomic E-state index is 0.185. The maximum Gasteiger partial charge on any atom is 0.102 e.